The van der Waals surface area contributed by atoms with Gasteiger partial charge in [-0.1, -0.05) is 6.92 Å². The first kappa shape index (κ1) is 17.0. The molecule has 24 heavy (non-hydrogen) atoms. The summed E-state index contributed by atoms with van der Waals surface area (Å²) in [6.45, 7) is 8.62. The predicted molar refractivity (Wildman–Crippen MR) is 94.6 cm³/mol. The van der Waals surface area contributed by atoms with Crippen LogP contribution in [-0.4, -0.2) is 53.4 Å². The molecule has 2 heterocycles. The number of hydrogen-bond donors (Lipinski definition) is 0. The third-order valence-corrected chi connectivity index (χ3v) is 5.67. The van der Waals surface area contributed by atoms with E-state index in [0.717, 1.165) is 53.9 Å². The smallest absolute Gasteiger partial charge is 0.227 e. The van der Waals surface area contributed by atoms with Gasteiger partial charge in [-0.3, -0.25) is 4.79 Å². The number of rotatable bonds is 4. The van der Waals surface area contributed by atoms with Gasteiger partial charge in [0.05, 0.1) is 12.1 Å². The number of benzene rings is 1. The largest absolute Gasteiger partial charge is 0.340 e. The monoisotopic (exact) mass is 347 g/mol. The number of carbonyl (C=O) groups excluding carboxylic acids is 1. The lowest BCUT2D eigenvalue weighted by molar-refractivity contribution is -0.132. The molecule has 1 saturated heterocycles. The Bertz CT molecular complexity index is 706. The van der Waals surface area contributed by atoms with Crippen LogP contribution in [0.25, 0.3) is 10.6 Å². The number of hydrogen-bond acceptors (Lipinski definition) is 4. The van der Waals surface area contributed by atoms with Crippen molar-refractivity contribution >= 4 is 17.2 Å². The number of halogens is 1. The van der Waals surface area contributed by atoms with Gasteiger partial charge in [-0.05, 0) is 37.7 Å². The molecule has 0 aliphatic carbocycles. The Balaban J connectivity index is 1.67. The summed E-state index contributed by atoms with van der Waals surface area (Å²) in [5.74, 6) is -0.0863. The molecule has 0 saturated carbocycles. The molecule has 0 N–H and O–H groups in total. The maximum absolute atomic E-state index is 13.0. The number of aryl methyl sites for hydroxylation is 1. The molecule has 1 aromatic heterocycles. The Hall–Kier alpha value is -1.79. The quantitative estimate of drug-likeness (QED) is 0.853. The lowest BCUT2D eigenvalue weighted by atomic mass is 10.2. The zero-order chi connectivity index (χ0) is 17.1. The molecular formula is C18H22FN3OS. The van der Waals surface area contributed by atoms with Gasteiger partial charge in [0, 0.05) is 36.6 Å². The van der Waals surface area contributed by atoms with Gasteiger partial charge in [-0.15, -0.1) is 11.3 Å². The predicted octanol–water partition coefficient (Wildman–Crippen LogP) is 2.96. The average molecular weight is 347 g/mol. The SMILES string of the molecule is CCN1CCN(C(=O)Cc2sc(-c3ccc(F)cc3)nc2C)CC1. The highest BCUT2D eigenvalue weighted by Gasteiger charge is 2.22. The number of likely N-dealkylation sites (N-methyl/N-ethyl adjacent to an activating group) is 1. The Morgan fingerprint density at radius 2 is 1.88 bits per heavy atom. The van der Waals surface area contributed by atoms with E-state index in [0.29, 0.717) is 6.42 Å². The molecule has 1 aliphatic heterocycles. The van der Waals surface area contributed by atoms with Gasteiger partial charge in [0.1, 0.15) is 10.8 Å². The van der Waals surface area contributed by atoms with Crippen molar-refractivity contribution in [1.82, 2.24) is 14.8 Å². The van der Waals surface area contributed by atoms with Gasteiger partial charge in [-0.2, -0.15) is 0 Å². The molecular weight excluding hydrogens is 325 g/mol. The zero-order valence-corrected chi connectivity index (χ0v) is 14.9. The first-order chi connectivity index (χ1) is 11.6. The number of thiazole rings is 1. The minimum atomic E-state index is -0.256. The molecule has 4 nitrogen and oxygen atoms in total. The van der Waals surface area contributed by atoms with Crippen LogP contribution in [0.15, 0.2) is 24.3 Å². The highest BCUT2D eigenvalue weighted by Crippen LogP contribution is 2.28. The third kappa shape index (κ3) is 3.82. The van der Waals surface area contributed by atoms with Crippen LogP contribution in [0.5, 0.6) is 0 Å². The maximum Gasteiger partial charge on any atom is 0.227 e. The topological polar surface area (TPSA) is 36.4 Å². The Morgan fingerprint density at radius 1 is 1.21 bits per heavy atom. The number of aromatic nitrogens is 1. The lowest BCUT2D eigenvalue weighted by Crippen LogP contribution is -2.48. The van der Waals surface area contributed by atoms with Crippen molar-refractivity contribution in [3.63, 3.8) is 0 Å². The first-order valence-corrected chi connectivity index (χ1v) is 9.11. The van der Waals surface area contributed by atoms with E-state index in [1.165, 1.54) is 23.5 Å². The van der Waals surface area contributed by atoms with Crippen molar-refractivity contribution in [2.45, 2.75) is 20.3 Å². The van der Waals surface area contributed by atoms with Crippen LogP contribution < -0.4 is 0 Å². The molecule has 0 spiro atoms. The van der Waals surface area contributed by atoms with Gasteiger partial charge < -0.3 is 9.80 Å². The summed E-state index contributed by atoms with van der Waals surface area (Å²) >= 11 is 1.52. The molecule has 1 fully saturated rings. The highest BCUT2D eigenvalue weighted by atomic mass is 32.1. The summed E-state index contributed by atoms with van der Waals surface area (Å²) in [5, 5.41) is 0.839. The minimum absolute atomic E-state index is 0.170. The van der Waals surface area contributed by atoms with Crippen LogP contribution in [0, 0.1) is 12.7 Å². The number of carbonyl (C=O) groups is 1. The fourth-order valence-electron chi connectivity index (χ4n) is 2.87. The average Bonchev–Trinajstić information content (AvgIpc) is 2.96. The molecule has 6 heteroatoms. The van der Waals surface area contributed by atoms with Crippen molar-refractivity contribution in [3.05, 3.63) is 40.7 Å². The summed E-state index contributed by atoms with van der Waals surface area (Å²) in [6, 6.07) is 6.32. The normalized spacial score (nSPS) is 15.7. The Morgan fingerprint density at radius 3 is 2.50 bits per heavy atom. The fourth-order valence-corrected chi connectivity index (χ4v) is 3.93. The molecule has 2 aromatic rings. The number of nitrogens with zero attached hydrogens (tertiary/aromatic N) is 3. The minimum Gasteiger partial charge on any atom is -0.340 e. The van der Waals surface area contributed by atoms with Gasteiger partial charge in [0.25, 0.3) is 0 Å². The molecule has 1 amide bonds. The standard InChI is InChI=1S/C18H22FN3OS/c1-3-21-8-10-22(11-9-21)17(23)12-16-13(2)20-18(24-16)14-4-6-15(19)7-5-14/h4-7H,3,8-12H2,1-2H3. The summed E-state index contributed by atoms with van der Waals surface area (Å²) in [6.07, 6.45) is 0.400. The van der Waals surface area contributed by atoms with Crippen LogP contribution in [0.4, 0.5) is 4.39 Å². The van der Waals surface area contributed by atoms with Crippen LogP contribution in [0.2, 0.25) is 0 Å². The Labute approximate surface area is 145 Å². The molecule has 0 bridgehead atoms. The van der Waals surface area contributed by atoms with E-state index in [9.17, 15) is 9.18 Å². The molecule has 0 atom stereocenters. The fraction of sp³-hybridized carbons (Fsp3) is 0.444. The molecule has 0 radical (unpaired) electrons. The van der Waals surface area contributed by atoms with Gasteiger partial charge in [-0.25, -0.2) is 9.37 Å². The van der Waals surface area contributed by atoms with Crippen molar-refractivity contribution in [3.8, 4) is 10.6 Å². The van der Waals surface area contributed by atoms with Crippen LogP contribution in [0.1, 0.15) is 17.5 Å². The Kier molecular flexibility index (Phi) is 5.26. The lowest BCUT2D eigenvalue weighted by Gasteiger charge is -2.34. The summed E-state index contributed by atoms with van der Waals surface area (Å²) in [5.41, 5.74) is 1.78. The summed E-state index contributed by atoms with van der Waals surface area (Å²) < 4.78 is 13.0. The molecule has 1 aliphatic rings. The van der Waals surface area contributed by atoms with E-state index in [2.05, 4.69) is 16.8 Å². The van der Waals surface area contributed by atoms with Crippen molar-refractivity contribution in [1.29, 1.82) is 0 Å². The summed E-state index contributed by atoms with van der Waals surface area (Å²) in [7, 11) is 0. The van der Waals surface area contributed by atoms with E-state index in [4.69, 9.17) is 0 Å². The van der Waals surface area contributed by atoms with E-state index >= 15 is 0 Å². The highest BCUT2D eigenvalue weighted by molar-refractivity contribution is 7.15. The second kappa shape index (κ2) is 7.40. The van der Waals surface area contributed by atoms with Crippen LogP contribution >= 0.6 is 11.3 Å². The van der Waals surface area contributed by atoms with Crippen LogP contribution in [-0.2, 0) is 11.2 Å². The van der Waals surface area contributed by atoms with E-state index < -0.39 is 0 Å². The van der Waals surface area contributed by atoms with Crippen molar-refractivity contribution in [2.24, 2.45) is 0 Å². The van der Waals surface area contributed by atoms with Gasteiger partial charge in [0.15, 0.2) is 0 Å². The zero-order valence-electron chi connectivity index (χ0n) is 14.1. The number of amides is 1. The first-order valence-electron chi connectivity index (χ1n) is 8.29. The second-order valence-electron chi connectivity index (χ2n) is 6.03. The van der Waals surface area contributed by atoms with Crippen molar-refractivity contribution < 1.29 is 9.18 Å². The molecule has 1 aromatic carbocycles. The molecule has 3 rings (SSSR count). The number of piperazine rings is 1. The molecule has 128 valence electrons. The van der Waals surface area contributed by atoms with E-state index in [1.54, 1.807) is 12.1 Å². The third-order valence-electron chi connectivity index (χ3n) is 4.47. The van der Waals surface area contributed by atoms with E-state index in [-0.39, 0.29) is 11.7 Å². The molecule has 0 unspecified atom stereocenters. The maximum atomic E-state index is 13.0. The van der Waals surface area contributed by atoms with Gasteiger partial charge >= 0.3 is 0 Å². The second-order valence-corrected chi connectivity index (χ2v) is 7.11. The van der Waals surface area contributed by atoms with Gasteiger partial charge in [0.2, 0.25) is 5.91 Å². The van der Waals surface area contributed by atoms with E-state index in [1.807, 2.05) is 11.8 Å². The summed E-state index contributed by atoms with van der Waals surface area (Å²) in [4.78, 5) is 22.4. The van der Waals surface area contributed by atoms with Crippen LogP contribution in [0.3, 0.4) is 0 Å². The van der Waals surface area contributed by atoms with Crippen molar-refractivity contribution in [2.75, 3.05) is 32.7 Å².